The van der Waals surface area contributed by atoms with Crippen molar-refractivity contribution in [3.8, 4) is 0 Å². The molecule has 22 heavy (non-hydrogen) atoms. The highest BCUT2D eigenvalue weighted by atomic mass is 16.2. The zero-order chi connectivity index (χ0) is 16.1. The summed E-state index contributed by atoms with van der Waals surface area (Å²) >= 11 is 0. The molecule has 1 aromatic heterocycles. The van der Waals surface area contributed by atoms with Crippen molar-refractivity contribution in [1.82, 2.24) is 10.3 Å². The Balaban J connectivity index is 2.32. The van der Waals surface area contributed by atoms with Gasteiger partial charge in [-0.2, -0.15) is 0 Å². The van der Waals surface area contributed by atoms with Crippen LogP contribution in [0.4, 0.5) is 5.69 Å². The third kappa shape index (κ3) is 3.48. The highest BCUT2D eigenvalue weighted by Gasteiger charge is 2.16. The van der Waals surface area contributed by atoms with Gasteiger partial charge >= 0.3 is 0 Å². The number of rotatable bonds is 4. The van der Waals surface area contributed by atoms with Crippen molar-refractivity contribution >= 4 is 17.5 Å². The van der Waals surface area contributed by atoms with Gasteiger partial charge in [-0.1, -0.05) is 6.07 Å². The van der Waals surface area contributed by atoms with Gasteiger partial charge < -0.3 is 16.4 Å². The van der Waals surface area contributed by atoms with Crippen molar-refractivity contribution in [2.45, 2.75) is 13.0 Å². The predicted octanol–water partition coefficient (Wildman–Crippen LogP) is 1.71. The molecule has 1 unspecified atom stereocenters. The molecule has 0 aliphatic heterocycles. The van der Waals surface area contributed by atoms with Gasteiger partial charge in [-0.15, -0.1) is 0 Å². The molecule has 0 fully saturated rings. The van der Waals surface area contributed by atoms with E-state index in [2.05, 4.69) is 15.6 Å². The first kappa shape index (κ1) is 15.7. The van der Waals surface area contributed by atoms with E-state index in [0.717, 1.165) is 0 Å². The van der Waals surface area contributed by atoms with E-state index in [1.54, 1.807) is 49.6 Å². The minimum Gasteiger partial charge on any atom is -0.355 e. The molecule has 0 saturated carbocycles. The van der Waals surface area contributed by atoms with Crippen LogP contribution in [0.25, 0.3) is 0 Å². The van der Waals surface area contributed by atoms with Crippen LogP contribution in [-0.2, 0) is 0 Å². The van der Waals surface area contributed by atoms with E-state index in [9.17, 15) is 9.59 Å². The zero-order valence-corrected chi connectivity index (χ0v) is 12.5. The lowest BCUT2D eigenvalue weighted by Gasteiger charge is -2.13. The number of anilines is 1. The Morgan fingerprint density at radius 3 is 2.41 bits per heavy atom. The van der Waals surface area contributed by atoms with Crippen LogP contribution in [0.15, 0.2) is 42.7 Å². The number of nitrogens with zero attached hydrogens (tertiary/aromatic N) is 1. The first-order chi connectivity index (χ1) is 10.5. The quantitative estimate of drug-likeness (QED) is 0.800. The molecule has 0 aliphatic rings. The number of amides is 2. The number of hydrogen-bond acceptors (Lipinski definition) is 4. The van der Waals surface area contributed by atoms with Gasteiger partial charge in [0, 0.05) is 42.3 Å². The molecular weight excluding hydrogens is 280 g/mol. The van der Waals surface area contributed by atoms with Crippen molar-refractivity contribution in [3.05, 3.63) is 59.4 Å². The number of aromatic nitrogens is 1. The third-order valence-corrected chi connectivity index (χ3v) is 3.22. The Hall–Kier alpha value is -2.73. The molecule has 0 bridgehead atoms. The summed E-state index contributed by atoms with van der Waals surface area (Å²) in [4.78, 5) is 28.1. The molecule has 1 heterocycles. The average molecular weight is 298 g/mol. The molecule has 1 aromatic carbocycles. The molecule has 2 aromatic rings. The van der Waals surface area contributed by atoms with Gasteiger partial charge in [0.15, 0.2) is 0 Å². The lowest BCUT2D eigenvalue weighted by atomic mass is 9.98. The second-order valence-corrected chi connectivity index (χ2v) is 4.86. The summed E-state index contributed by atoms with van der Waals surface area (Å²) in [7, 11) is 1.54. The Kier molecular flexibility index (Phi) is 4.85. The summed E-state index contributed by atoms with van der Waals surface area (Å²) in [5, 5.41) is 5.31. The van der Waals surface area contributed by atoms with Gasteiger partial charge in [-0.25, -0.2) is 0 Å². The number of hydrogen-bond donors (Lipinski definition) is 3. The summed E-state index contributed by atoms with van der Waals surface area (Å²) in [5.74, 6) is -0.571. The second kappa shape index (κ2) is 6.82. The van der Waals surface area contributed by atoms with Gasteiger partial charge in [-0.05, 0) is 36.8 Å². The monoisotopic (exact) mass is 298 g/mol. The standard InChI is InChI=1S/C16H18N4O2/c1-10(17)13-4-3-11(9-14(13)16(22)18-2)15(21)20-12-5-7-19-8-6-12/h3-10H,17H2,1-2H3,(H,18,22)(H,19,20,21). The van der Waals surface area contributed by atoms with Gasteiger partial charge in [0.2, 0.25) is 0 Å². The molecule has 114 valence electrons. The second-order valence-electron chi connectivity index (χ2n) is 4.86. The van der Waals surface area contributed by atoms with Crippen LogP contribution >= 0.6 is 0 Å². The molecule has 0 spiro atoms. The van der Waals surface area contributed by atoms with Gasteiger partial charge in [0.25, 0.3) is 11.8 Å². The molecule has 2 rings (SSSR count). The number of nitrogens with one attached hydrogen (secondary N) is 2. The van der Waals surface area contributed by atoms with E-state index >= 15 is 0 Å². The van der Waals surface area contributed by atoms with E-state index in [0.29, 0.717) is 22.4 Å². The molecule has 0 radical (unpaired) electrons. The molecule has 1 atom stereocenters. The Labute approximate surface area is 128 Å². The Morgan fingerprint density at radius 1 is 1.14 bits per heavy atom. The fraction of sp³-hybridized carbons (Fsp3) is 0.188. The smallest absolute Gasteiger partial charge is 0.255 e. The van der Waals surface area contributed by atoms with E-state index in [-0.39, 0.29) is 17.9 Å². The Bertz CT molecular complexity index is 684. The molecule has 6 heteroatoms. The number of carbonyl (C=O) groups is 2. The highest BCUT2D eigenvalue weighted by Crippen LogP contribution is 2.19. The van der Waals surface area contributed by atoms with Crippen LogP contribution < -0.4 is 16.4 Å². The van der Waals surface area contributed by atoms with Crippen molar-refractivity contribution < 1.29 is 9.59 Å². The zero-order valence-electron chi connectivity index (χ0n) is 12.5. The average Bonchev–Trinajstić information content (AvgIpc) is 2.54. The largest absolute Gasteiger partial charge is 0.355 e. The first-order valence-corrected chi connectivity index (χ1v) is 6.86. The van der Waals surface area contributed by atoms with Crippen LogP contribution in [0.5, 0.6) is 0 Å². The summed E-state index contributed by atoms with van der Waals surface area (Å²) in [6.45, 7) is 1.79. The molecule has 4 N–H and O–H groups in total. The maximum Gasteiger partial charge on any atom is 0.255 e. The first-order valence-electron chi connectivity index (χ1n) is 6.86. The number of benzene rings is 1. The summed E-state index contributed by atoms with van der Waals surface area (Å²) in [6, 6.07) is 7.98. The van der Waals surface area contributed by atoms with Gasteiger partial charge in [0.1, 0.15) is 0 Å². The fourth-order valence-electron chi connectivity index (χ4n) is 2.06. The normalized spacial score (nSPS) is 11.6. The number of pyridine rings is 1. The van der Waals surface area contributed by atoms with Crippen LogP contribution in [0, 0.1) is 0 Å². The van der Waals surface area contributed by atoms with Crippen LogP contribution in [0.2, 0.25) is 0 Å². The lowest BCUT2D eigenvalue weighted by molar-refractivity contribution is 0.0961. The lowest BCUT2D eigenvalue weighted by Crippen LogP contribution is -2.23. The molecule has 0 aliphatic carbocycles. The number of carbonyl (C=O) groups excluding carboxylic acids is 2. The van der Waals surface area contributed by atoms with Crippen LogP contribution in [-0.4, -0.2) is 23.8 Å². The third-order valence-electron chi connectivity index (χ3n) is 3.22. The summed E-state index contributed by atoms with van der Waals surface area (Å²) < 4.78 is 0. The SMILES string of the molecule is CNC(=O)c1cc(C(=O)Nc2ccncc2)ccc1C(C)N. The van der Waals surface area contributed by atoms with Crippen LogP contribution in [0.3, 0.4) is 0 Å². The number of nitrogens with two attached hydrogens (primary N) is 1. The van der Waals surface area contributed by atoms with Gasteiger partial charge in [-0.3, -0.25) is 14.6 Å². The highest BCUT2D eigenvalue weighted by molar-refractivity contribution is 6.06. The molecule has 0 saturated heterocycles. The maximum atomic E-state index is 12.3. The predicted molar refractivity (Wildman–Crippen MR) is 84.6 cm³/mol. The van der Waals surface area contributed by atoms with Crippen molar-refractivity contribution in [1.29, 1.82) is 0 Å². The van der Waals surface area contributed by atoms with E-state index in [4.69, 9.17) is 5.73 Å². The minimum absolute atomic E-state index is 0.272. The summed E-state index contributed by atoms with van der Waals surface area (Å²) in [5.41, 5.74) is 7.99. The van der Waals surface area contributed by atoms with E-state index in [1.807, 2.05) is 0 Å². The van der Waals surface area contributed by atoms with E-state index < -0.39 is 0 Å². The molecular formula is C16H18N4O2. The van der Waals surface area contributed by atoms with E-state index in [1.165, 1.54) is 7.05 Å². The minimum atomic E-state index is -0.301. The van der Waals surface area contributed by atoms with Crippen molar-refractivity contribution in [2.24, 2.45) is 5.73 Å². The topological polar surface area (TPSA) is 97.1 Å². The van der Waals surface area contributed by atoms with Gasteiger partial charge in [0.05, 0.1) is 0 Å². The van der Waals surface area contributed by atoms with Crippen molar-refractivity contribution in [3.63, 3.8) is 0 Å². The molecule has 6 nitrogen and oxygen atoms in total. The Morgan fingerprint density at radius 2 is 1.82 bits per heavy atom. The maximum absolute atomic E-state index is 12.3. The van der Waals surface area contributed by atoms with Crippen molar-refractivity contribution in [2.75, 3.05) is 12.4 Å². The van der Waals surface area contributed by atoms with Crippen LogP contribution in [0.1, 0.15) is 39.2 Å². The fourth-order valence-corrected chi connectivity index (χ4v) is 2.06. The summed E-state index contributed by atoms with van der Waals surface area (Å²) in [6.07, 6.45) is 3.18. The molecule has 2 amide bonds.